The highest BCUT2D eigenvalue weighted by Crippen LogP contribution is 2.22. The van der Waals surface area contributed by atoms with E-state index in [4.69, 9.17) is 0 Å². The minimum absolute atomic E-state index is 0.196. The number of aromatic nitrogens is 1. The zero-order valence-electron chi connectivity index (χ0n) is 10.5. The van der Waals surface area contributed by atoms with Gasteiger partial charge < -0.3 is 15.0 Å². The van der Waals surface area contributed by atoms with Crippen LogP contribution in [0.25, 0.3) is 0 Å². The molecule has 2 rings (SSSR count). The first-order valence-electron chi connectivity index (χ1n) is 5.80. The fraction of sp³-hybridized carbons (Fsp3) is 0.154. The van der Waals surface area contributed by atoms with Crippen molar-refractivity contribution in [1.29, 1.82) is 0 Å². The molecule has 21 heavy (non-hydrogen) atoms. The molecule has 0 aliphatic heterocycles. The summed E-state index contributed by atoms with van der Waals surface area (Å²) in [6.45, 7) is 0.196. The van der Waals surface area contributed by atoms with Crippen LogP contribution in [-0.2, 0) is 6.54 Å². The van der Waals surface area contributed by atoms with Gasteiger partial charge in [0.2, 0.25) is 0 Å². The molecule has 0 aliphatic carbocycles. The van der Waals surface area contributed by atoms with Crippen molar-refractivity contribution >= 4 is 21.8 Å². The van der Waals surface area contributed by atoms with Crippen molar-refractivity contribution in [2.24, 2.45) is 0 Å². The first kappa shape index (κ1) is 15.4. The molecule has 1 heterocycles. The standard InChI is InChI=1S/C13H10BrF3N2O2/c14-9-5-11(18-7-9)12(20)19-6-8-1-3-10(4-2-8)21-13(15,16)17/h1-5,7,18H,6H2,(H,19,20). The lowest BCUT2D eigenvalue weighted by Crippen LogP contribution is -2.23. The lowest BCUT2D eigenvalue weighted by Gasteiger charge is -2.09. The highest BCUT2D eigenvalue weighted by molar-refractivity contribution is 9.10. The van der Waals surface area contributed by atoms with Crippen LogP contribution in [0.1, 0.15) is 16.1 Å². The molecule has 0 aliphatic rings. The van der Waals surface area contributed by atoms with Gasteiger partial charge in [-0.3, -0.25) is 4.79 Å². The number of amides is 1. The van der Waals surface area contributed by atoms with Crippen LogP contribution in [-0.4, -0.2) is 17.3 Å². The Hall–Kier alpha value is -1.96. The fourth-order valence-electron chi connectivity index (χ4n) is 1.59. The van der Waals surface area contributed by atoms with Crippen LogP contribution in [0.2, 0.25) is 0 Å². The van der Waals surface area contributed by atoms with Gasteiger partial charge in [-0.25, -0.2) is 0 Å². The van der Waals surface area contributed by atoms with Crippen LogP contribution in [0.15, 0.2) is 41.0 Å². The summed E-state index contributed by atoms with van der Waals surface area (Å²) in [5.74, 6) is -0.609. The number of H-pyrrole nitrogens is 1. The molecule has 0 saturated carbocycles. The Morgan fingerprint density at radius 2 is 1.95 bits per heavy atom. The number of hydrogen-bond donors (Lipinski definition) is 2. The molecule has 1 amide bonds. The lowest BCUT2D eigenvalue weighted by atomic mass is 10.2. The number of rotatable bonds is 4. The van der Waals surface area contributed by atoms with Crippen molar-refractivity contribution in [3.8, 4) is 5.75 Å². The Balaban J connectivity index is 1.90. The average Bonchev–Trinajstić information content (AvgIpc) is 2.82. The van der Waals surface area contributed by atoms with Crippen molar-refractivity contribution < 1.29 is 22.7 Å². The largest absolute Gasteiger partial charge is 0.573 e. The average molecular weight is 363 g/mol. The van der Waals surface area contributed by atoms with Gasteiger partial charge in [0, 0.05) is 17.2 Å². The minimum Gasteiger partial charge on any atom is -0.406 e. The topological polar surface area (TPSA) is 54.1 Å². The van der Waals surface area contributed by atoms with Gasteiger partial charge in [-0.2, -0.15) is 0 Å². The first-order valence-corrected chi connectivity index (χ1v) is 6.59. The molecule has 0 spiro atoms. The second-order valence-electron chi connectivity index (χ2n) is 4.11. The number of halogens is 4. The third-order valence-electron chi connectivity index (χ3n) is 2.50. The maximum atomic E-state index is 12.0. The van der Waals surface area contributed by atoms with Crippen LogP contribution in [0.5, 0.6) is 5.75 Å². The summed E-state index contributed by atoms with van der Waals surface area (Å²) in [6, 6.07) is 6.91. The van der Waals surface area contributed by atoms with E-state index >= 15 is 0 Å². The Bertz CT molecular complexity index is 623. The van der Waals surface area contributed by atoms with Crippen LogP contribution in [0, 0.1) is 0 Å². The number of hydrogen-bond acceptors (Lipinski definition) is 2. The molecule has 0 saturated heterocycles. The summed E-state index contributed by atoms with van der Waals surface area (Å²) in [4.78, 5) is 14.5. The highest BCUT2D eigenvalue weighted by Gasteiger charge is 2.30. The number of nitrogens with one attached hydrogen (secondary N) is 2. The number of alkyl halides is 3. The molecule has 1 aromatic heterocycles. The van der Waals surface area contributed by atoms with E-state index in [1.54, 1.807) is 12.3 Å². The molecule has 0 fully saturated rings. The first-order chi connectivity index (χ1) is 9.83. The van der Waals surface area contributed by atoms with E-state index in [9.17, 15) is 18.0 Å². The van der Waals surface area contributed by atoms with Crippen LogP contribution < -0.4 is 10.1 Å². The smallest absolute Gasteiger partial charge is 0.406 e. The highest BCUT2D eigenvalue weighted by atomic mass is 79.9. The van der Waals surface area contributed by atoms with Crippen LogP contribution >= 0.6 is 15.9 Å². The summed E-state index contributed by atoms with van der Waals surface area (Å²) < 4.78 is 40.5. The Morgan fingerprint density at radius 3 is 2.48 bits per heavy atom. The van der Waals surface area contributed by atoms with Gasteiger partial charge >= 0.3 is 6.36 Å². The van der Waals surface area contributed by atoms with Gasteiger partial charge in [0.05, 0.1) is 0 Å². The molecule has 8 heteroatoms. The monoisotopic (exact) mass is 362 g/mol. The number of carbonyl (C=O) groups is 1. The molecular weight excluding hydrogens is 353 g/mol. The van der Waals surface area contributed by atoms with Crippen LogP contribution in [0.3, 0.4) is 0 Å². The summed E-state index contributed by atoms with van der Waals surface area (Å²) in [5.41, 5.74) is 1.04. The Morgan fingerprint density at radius 1 is 1.29 bits per heavy atom. The second-order valence-corrected chi connectivity index (χ2v) is 5.02. The molecule has 0 atom stereocenters. The number of ether oxygens (including phenoxy) is 1. The molecule has 0 unspecified atom stereocenters. The van der Waals surface area contributed by atoms with E-state index < -0.39 is 6.36 Å². The summed E-state index contributed by atoms with van der Waals surface area (Å²) in [6.07, 6.45) is -3.09. The van der Waals surface area contributed by atoms with Gasteiger partial charge in [0.15, 0.2) is 0 Å². The molecule has 1 aromatic carbocycles. The van der Waals surface area contributed by atoms with E-state index in [-0.39, 0.29) is 18.2 Å². The predicted molar refractivity (Wildman–Crippen MR) is 72.8 cm³/mol. The molecule has 112 valence electrons. The predicted octanol–water partition coefficient (Wildman–Crippen LogP) is 3.61. The van der Waals surface area contributed by atoms with Crippen molar-refractivity contribution in [2.75, 3.05) is 0 Å². The van der Waals surface area contributed by atoms with Gasteiger partial charge in [-0.05, 0) is 39.7 Å². The summed E-state index contributed by atoms with van der Waals surface area (Å²) in [5, 5.41) is 2.64. The van der Waals surface area contributed by atoms with Gasteiger partial charge in [0.25, 0.3) is 5.91 Å². The van der Waals surface area contributed by atoms with Crippen molar-refractivity contribution in [3.63, 3.8) is 0 Å². The number of aromatic amines is 1. The second kappa shape index (κ2) is 6.21. The third kappa shape index (κ3) is 4.82. The van der Waals surface area contributed by atoms with E-state index in [2.05, 4.69) is 31.0 Å². The molecular formula is C13H10BrF3N2O2. The fourth-order valence-corrected chi connectivity index (χ4v) is 1.93. The normalized spacial score (nSPS) is 11.2. The molecule has 0 bridgehead atoms. The molecule has 4 nitrogen and oxygen atoms in total. The number of benzene rings is 1. The maximum absolute atomic E-state index is 12.0. The van der Waals surface area contributed by atoms with E-state index in [1.165, 1.54) is 24.3 Å². The zero-order valence-corrected chi connectivity index (χ0v) is 12.1. The van der Waals surface area contributed by atoms with Gasteiger partial charge in [-0.1, -0.05) is 12.1 Å². The Kier molecular flexibility index (Phi) is 4.56. The van der Waals surface area contributed by atoms with Crippen molar-refractivity contribution in [2.45, 2.75) is 12.9 Å². The molecule has 2 N–H and O–H groups in total. The van der Waals surface area contributed by atoms with Crippen molar-refractivity contribution in [1.82, 2.24) is 10.3 Å². The molecule has 0 radical (unpaired) electrons. The van der Waals surface area contributed by atoms with E-state index in [0.717, 1.165) is 4.47 Å². The Labute approximate surface area is 126 Å². The summed E-state index contributed by atoms with van der Waals surface area (Å²) in [7, 11) is 0. The van der Waals surface area contributed by atoms with Crippen molar-refractivity contribution in [3.05, 3.63) is 52.3 Å². The third-order valence-corrected chi connectivity index (χ3v) is 2.96. The number of carbonyl (C=O) groups excluding carboxylic acids is 1. The quantitative estimate of drug-likeness (QED) is 0.872. The van der Waals surface area contributed by atoms with Gasteiger partial charge in [0.1, 0.15) is 11.4 Å². The zero-order chi connectivity index (χ0) is 15.5. The molecule has 2 aromatic rings. The minimum atomic E-state index is -4.71. The SMILES string of the molecule is O=C(NCc1ccc(OC(F)(F)F)cc1)c1cc(Br)c[nH]1. The summed E-state index contributed by atoms with van der Waals surface area (Å²) >= 11 is 3.21. The van der Waals surface area contributed by atoms with E-state index in [1.807, 2.05) is 0 Å². The van der Waals surface area contributed by atoms with E-state index in [0.29, 0.717) is 11.3 Å². The van der Waals surface area contributed by atoms with Gasteiger partial charge in [-0.15, -0.1) is 13.2 Å². The van der Waals surface area contributed by atoms with Crippen LogP contribution in [0.4, 0.5) is 13.2 Å². The lowest BCUT2D eigenvalue weighted by molar-refractivity contribution is -0.274. The maximum Gasteiger partial charge on any atom is 0.573 e.